The Kier molecular flexibility index (Phi) is 4.10. The van der Waals surface area contributed by atoms with Gasteiger partial charge in [0.15, 0.2) is 0 Å². The second-order valence-corrected chi connectivity index (χ2v) is 3.72. The Morgan fingerprint density at radius 2 is 1.88 bits per heavy atom. The van der Waals surface area contributed by atoms with E-state index in [-0.39, 0.29) is 18.9 Å². The minimum absolute atomic E-state index is 0.122. The summed E-state index contributed by atoms with van der Waals surface area (Å²) in [5.41, 5.74) is 0. The number of urea groups is 1. The van der Waals surface area contributed by atoms with Crippen molar-refractivity contribution in [1.29, 1.82) is 0 Å². The number of aliphatic carboxylic acids is 2. The molecule has 2 amide bonds. The van der Waals surface area contributed by atoms with Crippen molar-refractivity contribution in [1.82, 2.24) is 10.6 Å². The normalized spacial score (nSPS) is 16.2. The molecule has 0 heterocycles. The zero-order valence-electron chi connectivity index (χ0n) is 8.60. The summed E-state index contributed by atoms with van der Waals surface area (Å²) in [6.45, 7) is 0. The highest BCUT2D eigenvalue weighted by Crippen LogP contribution is 2.18. The Balaban J connectivity index is 2.33. The summed E-state index contributed by atoms with van der Waals surface area (Å²) in [6, 6.07) is -1.58. The molecular formula is C9H14N2O5. The lowest BCUT2D eigenvalue weighted by atomic mass is 10.1. The van der Waals surface area contributed by atoms with E-state index < -0.39 is 24.0 Å². The fourth-order valence-electron chi connectivity index (χ4n) is 1.14. The lowest BCUT2D eigenvalue weighted by Crippen LogP contribution is -2.46. The molecule has 16 heavy (non-hydrogen) atoms. The Morgan fingerprint density at radius 3 is 2.31 bits per heavy atom. The van der Waals surface area contributed by atoms with Gasteiger partial charge in [-0.1, -0.05) is 0 Å². The molecule has 4 N–H and O–H groups in total. The lowest BCUT2D eigenvalue weighted by Gasteiger charge is -2.13. The number of hydrogen-bond donors (Lipinski definition) is 4. The third kappa shape index (κ3) is 4.63. The Morgan fingerprint density at radius 1 is 1.25 bits per heavy atom. The van der Waals surface area contributed by atoms with Crippen molar-refractivity contribution >= 4 is 18.0 Å². The van der Waals surface area contributed by atoms with Gasteiger partial charge in [0.25, 0.3) is 0 Å². The highest BCUT2D eigenvalue weighted by molar-refractivity contribution is 5.83. The molecule has 90 valence electrons. The van der Waals surface area contributed by atoms with Crippen molar-refractivity contribution < 1.29 is 24.6 Å². The predicted octanol–water partition coefficient (Wildman–Crippen LogP) is -0.234. The summed E-state index contributed by atoms with van der Waals surface area (Å²) in [6.07, 6.45) is 1.39. The van der Waals surface area contributed by atoms with Crippen molar-refractivity contribution in [2.75, 3.05) is 0 Å². The van der Waals surface area contributed by atoms with Crippen LogP contribution in [0.25, 0.3) is 0 Å². The monoisotopic (exact) mass is 230 g/mol. The second kappa shape index (κ2) is 5.34. The number of carbonyl (C=O) groups excluding carboxylic acids is 1. The topological polar surface area (TPSA) is 116 Å². The predicted molar refractivity (Wildman–Crippen MR) is 53.0 cm³/mol. The minimum atomic E-state index is -1.23. The van der Waals surface area contributed by atoms with Crippen molar-refractivity contribution in [3.05, 3.63) is 0 Å². The van der Waals surface area contributed by atoms with E-state index in [0.717, 1.165) is 12.8 Å². The standard InChI is InChI=1S/C9H14N2O5/c12-7(13)4-3-6(8(14)15)11-9(16)10-5-1-2-5/h5-6H,1-4H2,(H,12,13)(H,14,15)(H2,10,11,16)/t6-/m0/s1. The van der Waals surface area contributed by atoms with E-state index in [1.54, 1.807) is 0 Å². The molecule has 7 heteroatoms. The van der Waals surface area contributed by atoms with Gasteiger partial charge in [0, 0.05) is 12.5 Å². The summed E-state index contributed by atoms with van der Waals surface area (Å²) in [4.78, 5) is 32.2. The van der Waals surface area contributed by atoms with E-state index in [0.29, 0.717) is 0 Å². The number of carboxylic acids is 2. The molecule has 0 unspecified atom stereocenters. The number of amides is 2. The van der Waals surface area contributed by atoms with Gasteiger partial charge < -0.3 is 20.8 Å². The molecule has 7 nitrogen and oxygen atoms in total. The smallest absolute Gasteiger partial charge is 0.326 e. The molecular weight excluding hydrogens is 216 g/mol. The molecule has 1 saturated carbocycles. The fraction of sp³-hybridized carbons (Fsp3) is 0.667. The molecule has 0 radical (unpaired) electrons. The van der Waals surface area contributed by atoms with Crippen LogP contribution in [0.15, 0.2) is 0 Å². The van der Waals surface area contributed by atoms with Gasteiger partial charge >= 0.3 is 18.0 Å². The van der Waals surface area contributed by atoms with Crippen LogP contribution in [-0.4, -0.2) is 40.3 Å². The molecule has 1 atom stereocenters. The van der Waals surface area contributed by atoms with Gasteiger partial charge in [-0.2, -0.15) is 0 Å². The van der Waals surface area contributed by atoms with Crippen molar-refractivity contribution in [2.24, 2.45) is 0 Å². The van der Waals surface area contributed by atoms with Crippen LogP contribution in [0.2, 0.25) is 0 Å². The van der Waals surface area contributed by atoms with E-state index in [1.165, 1.54) is 0 Å². The van der Waals surface area contributed by atoms with E-state index in [2.05, 4.69) is 10.6 Å². The summed E-state index contributed by atoms with van der Waals surface area (Å²) in [5.74, 6) is -2.32. The van der Waals surface area contributed by atoms with Gasteiger partial charge in [-0.15, -0.1) is 0 Å². The number of rotatable bonds is 6. The summed E-state index contributed by atoms with van der Waals surface area (Å²) in [5, 5.41) is 22.0. The number of carbonyl (C=O) groups is 3. The highest BCUT2D eigenvalue weighted by atomic mass is 16.4. The van der Waals surface area contributed by atoms with Crippen LogP contribution < -0.4 is 10.6 Å². The van der Waals surface area contributed by atoms with E-state index in [1.807, 2.05) is 0 Å². The average Bonchev–Trinajstić information content (AvgIpc) is 2.95. The first-order valence-corrected chi connectivity index (χ1v) is 5.00. The third-order valence-corrected chi connectivity index (χ3v) is 2.16. The summed E-state index contributed by atoms with van der Waals surface area (Å²) >= 11 is 0. The second-order valence-electron chi connectivity index (χ2n) is 3.72. The maximum atomic E-state index is 11.2. The first-order chi connectivity index (χ1) is 7.49. The highest BCUT2D eigenvalue weighted by Gasteiger charge is 2.26. The SMILES string of the molecule is O=C(O)CC[C@H](NC(=O)NC1CC1)C(=O)O. The Hall–Kier alpha value is -1.79. The van der Waals surface area contributed by atoms with Gasteiger partial charge in [0.2, 0.25) is 0 Å². The molecule has 1 aliphatic carbocycles. The summed E-state index contributed by atoms with van der Waals surface area (Å²) in [7, 11) is 0. The summed E-state index contributed by atoms with van der Waals surface area (Å²) < 4.78 is 0. The Bertz CT molecular complexity index is 300. The quantitative estimate of drug-likeness (QED) is 0.503. The first kappa shape index (κ1) is 12.3. The van der Waals surface area contributed by atoms with Crippen LogP contribution in [0.4, 0.5) is 4.79 Å². The molecule has 1 aliphatic rings. The zero-order chi connectivity index (χ0) is 12.1. The van der Waals surface area contributed by atoms with Crippen LogP contribution in [0.5, 0.6) is 0 Å². The van der Waals surface area contributed by atoms with Crippen molar-refractivity contribution in [3.8, 4) is 0 Å². The first-order valence-electron chi connectivity index (χ1n) is 5.00. The molecule has 0 bridgehead atoms. The van der Waals surface area contributed by atoms with Gasteiger partial charge in [0.1, 0.15) is 6.04 Å². The largest absolute Gasteiger partial charge is 0.481 e. The van der Waals surface area contributed by atoms with Gasteiger partial charge in [-0.05, 0) is 19.3 Å². The molecule has 0 aromatic rings. The van der Waals surface area contributed by atoms with Crippen LogP contribution >= 0.6 is 0 Å². The molecule has 1 fully saturated rings. The fourth-order valence-corrected chi connectivity index (χ4v) is 1.14. The molecule has 0 aromatic heterocycles. The zero-order valence-corrected chi connectivity index (χ0v) is 8.60. The van der Waals surface area contributed by atoms with E-state index in [4.69, 9.17) is 10.2 Å². The van der Waals surface area contributed by atoms with Gasteiger partial charge in [-0.25, -0.2) is 9.59 Å². The van der Waals surface area contributed by atoms with E-state index >= 15 is 0 Å². The van der Waals surface area contributed by atoms with Crippen molar-refractivity contribution in [3.63, 3.8) is 0 Å². The number of carboxylic acid groups (broad SMARTS) is 2. The molecule has 1 rings (SSSR count). The van der Waals surface area contributed by atoms with Crippen LogP contribution in [-0.2, 0) is 9.59 Å². The van der Waals surface area contributed by atoms with Gasteiger partial charge in [-0.3, -0.25) is 4.79 Å². The molecule has 0 aromatic carbocycles. The minimum Gasteiger partial charge on any atom is -0.481 e. The van der Waals surface area contributed by atoms with Crippen LogP contribution in [0.1, 0.15) is 25.7 Å². The van der Waals surface area contributed by atoms with Crippen LogP contribution in [0.3, 0.4) is 0 Å². The number of nitrogens with one attached hydrogen (secondary N) is 2. The van der Waals surface area contributed by atoms with Crippen molar-refractivity contribution in [2.45, 2.75) is 37.8 Å². The third-order valence-electron chi connectivity index (χ3n) is 2.16. The maximum absolute atomic E-state index is 11.2. The molecule has 0 spiro atoms. The molecule has 0 aliphatic heterocycles. The average molecular weight is 230 g/mol. The van der Waals surface area contributed by atoms with Gasteiger partial charge in [0.05, 0.1) is 0 Å². The van der Waals surface area contributed by atoms with E-state index in [9.17, 15) is 14.4 Å². The lowest BCUT2D eigenvalue weighted by molar-refractivity contribution is -0.140. The van der Waals surface area contributed by atoms with Crippen LogP contribution in [0, 0.1) is 0 Å². The Labute approximate surface area is 91.8 Å². The number of hydrogen-bond acceptors (Lipinski definition) is 3. The molecule has 0 saturated heterocycles. The maximum Gasteiger partial charge on any atom is 0.326 e.